The zero-order chi connectivity index (χ0) is 10.6. The summed E-state index contributed by atoms with van der Waals surface area (Å²) in [5.41, 5.74) is -0.589. The van der Waals surface area contributed by atoms with Gasteiger partial charge in [-0.05, 0) is 35.5 Å². The lowest BCUT2D eigenvalue weighted by atomic mass is 9.79. The van der Waals surface area contributed by atoms with E-state index in [0.717, 1.165) is 0 Å². The zero-order valence-corrected chi connectivity index (χ0v) is 9.58. The summed E-state index contributed by atoms with van der Waals surface area (Å²) in [6, 6.07) is 0. The summed E-state index contributed by atoms with van der Waals surface area (Å²) < 4.78 is 0. The lowest BCUT2D eigenvalue weighted by Crippen LogP contribution is -2.28. The van der Waals surface area contributed by atoms with Gasteiger partial charge in [-0.1, -0.05) is 20.8 Å². The van der Waals surface area contributed by atoms with Crippen LogP contribution in [-0.4, -0.2) is 10.5 Å². The zero-order valence-electron chi connectivity index (χ0n) is 8.06. The summed E-state index contributed by atoms with van der Waals surface area (Å²) in [6.45, 7) is 5.43. The van der Waals surface area contributed by atoms with Crippen LogP contribution < -0.4 is 0 Å². The minimum atomic E-state index is -0.589. The predicted octanol–water partition coefficient (Wildman–Crippen LogP) is 2.96. The molecule has 4 heteroatoms. The topological polar surface area (TPSA) is 34.1 Å². The van der Waals surface area contributed by atoms with Crippen LogP contribution >= 0.6 is 23.2 Å². The van der Waals surface area contributed by atoms with E-state index in [9.17, 15) is 9.59 Å². The molecule has 0 aliphatic rings. The first-order chi connectivity index (χ1) is 5.78. The predicted molar refractivity (Wildman–Crippen MR) is 53.9 cm³/mol. The molecule has 1 unspecified atom stereocenters. The molecule has 0 aromatic carbocycles. The molecule has 0 bridgehead atoms. The smallest absolute Gasteiger partial charge is 0.227 e. The second kappa shape index (κ2) is 4.97. The van der Waals surface area contributed by atoms with Gasteiger partial charge in [0.05, 0.1) is 0 Å². The molecule has 0 saturated heterocycles. The van der Waals surface area contributed by atoms with Crippen molar-refractivity contribution in [2.75, 3.05) is 0 Å². The summed E-state index contributed by atoms with van der Waals surface area (Å²) in [5, 5.41) is -0.744. The number of carbonyl (C=O) groups is 2. The highest BCUT2D eigenvalue weighted by Gasteiger charge is 2.32. The van der Waals surface area contributed by atoms with Crippen molar-refractivity contribution in [2.24, 2.45) is 11.3 Å². The van der Waals surface area contributed by atoms with E-state index in [-0.39, 0.29) is 22.8 Å². The Balaban J connectivity index is 4.17. The van der Waals surface area contributed by atoms with Gasteiger partial charge in [0.15, 0.2) is 0 Å². The Hall–Kier alpha value is -0.0800. The van der Waals surface area contributed by atoms with E-state index in [2.05, 4.69) is 0 Å². The number of rotatable bonds is 5. The normalized spacial score (nSPS) is 13.9. The molecule has 0 fully saturated rings. The number of hydrogen-bond acceptors (Lipinski definition) is 2. The van der Waals surface area contributed by atoms with E-state index in [0.29, 0.717) is 6.42 Å². The van der Waals surface area contributed by atoms with Gasteiger partial charge in [0, 0.05) is 11.8 Å². The maximum Gasteiger partial charge on any atom is 0.227 e. The van der Waals surface area contributed by atoms with Crippen molar-refractivity contribution < 1.29 is 9.59 Å². The van der Waals surface area contributed by atoms with Crippen LogP contribution in [0.25, 0.3) is 0 Å². The fourth-order valence-corrected chi connectivity index (χ4v) is 1.18. The second-order valence-electron chi connectivity index (χ2n) is 3.79. The Bertz CT molecular complexity index is 212. The maximum absolute atomic E-state index is 11.0. The van der Waals surface area contributed by atoms with Crippen molar-refractivity contribution in [3.8, 4) is 0 Å². The van der Waals surface area contributed by atoms with Gasteiger partial charge in [0.1, 0.15) is 0 Å². The third kappa shape index (κ3) is 4.10. The molecule has 1 atom stereocenters. The van der Waals surface area contributed by atoms with E-state index >= 15 is 0 Å². The summed E-state index contributed by atoms with van der Waals surface area (Å²) in [7, 11) is 0. The molecule has 0 aliphatic carbocycles. The molecule has 0 spiro atoms. The first-order valence-corrected chi connectivity index (χ1v) is 4.92. The van der Waals surface area contributed by atoms with E-state index in [1.54, 1.807) is 13.8 Å². The summed E-state index contributed by atoms with van der Waals surface area (Å²) >= 11 is 10.6. The molecule has 0 radical (unpaired) electrons. The van der Waals surface area contributed by atoms with Gasteiger partial charge in [-0.2, -0.15) is 0 Å². The molecule has 0 aromatic rings. The Morgan fingerprint density at radius 2 is 1.77 bits per heavy atom. The van der Waals surface area contributed by atoms with Crippen LogP contribution in [0.5, 0.6) is 0 Å². The van der Waals surface area contributed by atoms with Gasteiger partial charge in [0.2, 0.25) is 10.5 Å². The molecule has 76 valence electrons. The molecular formula is C9H14Cl2O2. The van der Waals surface area contributed by atoms with Crippen LogP contribution in [0.1, 0.15) is 33.6 Å². The molecule has 0 rings (SSSR count). The molecule has 2 nitrogen and oxygen atoms in total. The Morgan fingerprint density at radius 1 is 1.31 bits per heavy atom. The van der Waals surface area contributed by atoms with Gasteiger partial charge >= 0.3 is 0 Å². The van der Waals surface area contributed by atoms with Gasteiger partial charge in [0.25, 0.3) is 0 Å². The molecule has 0 aromatic heterocycles. The summed E-state index contributed by atoms with van der Waals surface area (Å²) in [4.78, 5) is 21.5. The van der Waals surface area contributed by atoms with Crippen molar-refractivity contribution in [1.29, 1.82) is 0 Å². The standard InChI is InChI=1S/C9H14Cl2O2/c1-6(4-5-7(10)12)9(2,3)8(11)13/h6H,4-5H2,1-3H3. The van der Waals surface area contributed by atoms with E-state index in [1.165, 1.54) is 0 Å². The van der Waals surface area contributed by atoms with Crippen molar-refractivity contribution in [3.63, 3.8) is 0 Å². The summed E-state index contributed by atoms with van der Waals surface area (Å²) in [6.07, 6.45) is 0.879. The minimum Gasteiger partial charge on any atom is -0.281 e. The Morgan fingerprint density at radius 3 is 2.08 bits per heavy atom. The van der Waals surface area contributed by atoms with Crippen molar-refractivity contribution >= 4 is 33.7 Å². The molecule has 0 amide bonds. The molecule has 0 saturated carbocycles. The minimum absolute atomic E-state index is 0.0557. The highest BCUT2D eigenvalue weighted by atomic mass is 35.5. The van der Waals surface area contributed by atoms with Crippen molar-refractivity contribution in [2.45, 2.75) is 33.6 Å². The van der Waals surface area contributed by atoms with Gasteiger partial charge in [-0.3, -0.25) is 9.59 Å². The second-order valence-corrected chi connectivity index (χ2v) is 4.56. The van der Waals surface area contributed by atoms with Crippen molar-refractivity contribution in [1.82, 2.24) is 0 Å². The number of halogens is 2. The van der Waals surface area contributed by atoms with E-state index in [4.69, 9.17) is 23.2 Å². The highest BCUT2D eigenvalue weighted by Crippen LogP contribution is 2.32. The van der Waals surface area contributed by atoms with Crippen LogP contribution in [0.3, 0.4) is 0 Å². The molecule has 0 aliphatic heterocycles. The highest BCUT2D eigenvalue weighted by molar-refractivity contribution is 6.64. The largest absolute Gasteiger partial charge is 0.281 e. The fourth-order valence-electron chi connectivity index (χ4n) is 0.885. The third-order valence-corrected chi connectivity index (χ3v) is 3.19. The first-order valence-electron chi connectivity index (χ1n) is 4.16. The molecule has 0 heterocycles. The van der Waals surface area contributed by atoms with Gasteiger partial charge < -0.3 is 0 Å². The quantitative estimate of drug-likeness (QED) is 0.674. The monoisotopic (exact) mass is 224 g/mol. The molecular weight excluding hydrogens is 211 g/mol. The molecule has 0 N–H and O–H groups in total. The van der Waals surface area contributed by atoms with Crippen LogP contribution in [0, 0.1) is 11.3 Å². The lowest BCUT2D eigenvalue weighted by Gasteiger charge is -2.27. The van der Waals surface area contributed by atoms with Gasteiger partial charge in [-0.15, -0.1) is 0 Å². The average molecular weight is 225 g/mol. The Kier molecular flexibility index (Phi) is 4.93. The number of hydrogen-bond donors (Lipinski definition) is 0. The van der Waals surface area contributed by atoms with E-state index < -0.39 is 5.41 Å². The average Bonchev–Trinajstić information content (AvgIpc) is 1.99. The number of carbonyl (C=O) groups excluding carboxylic acids is 2. The maximum atomic E-state index is 11.0. The van der Waals surface area contributed by atoms with Crippen LogP contribution in [0.15, 0.2) is 0 Å². The third-order valence-electron chi connectivity index (χ3n) is 2.51. The van der Waals surface area contributed by atoms with E-state index in [1.807, 2.05) is 6.92 Å². The fraction of sp³-hybridized carbons (Fsp3) is 0.778. The first kappa shape index (κ1) is 12.9. The van der Waals surface area contributed by atoms with Crippen LogP contribution in [0.2, 0.25) is 0 Å². The lowest BCUT2D eigenvalue weighted by molar-refractivity contribution is -0.122. The summed E-state index contributed by atoms with van der Waals surface area (Å²) in [5.74, 6) is 0.0557. The van der Waals surface area contributed by atoms with Gasteiger partial charge in [-0.25, -0.2) is 0 Å². The SMILES string of the molecule is CC(CCC(=O)Cl)C(C)(C)C(=O)Cl. The van der Waals surface area contributed by atoms with Crippen LogP contribution in [0.4, 0.5) is 0 Å². The van der Waals surface area contributed by atoms with Crippen molar-refractivity contribution in [3.05, 3.63) is 0 Å². The van der Waals surface area contributed by atoms with Crippen LogP contribution in [-0.2, 0) is 9.59 Å². The molecule has 13 heavy (non-hydrogen) atoms. The Labute approximate surface area is 88.6 Å².